The van der Waals surface area contributed by atoms with Crippen molar-refractivity contribution in [3.63, 3.8) is 0 Å². The van der Waals surface area contributed by atoms with Crippen molar-refractivity contribution in [2.45, 2.75) is 32.6 Å². The van der Waals surface area contributed by atoms with E-state index >= 15 is 0 Å². The normalized spacial score (nSPS) is 11.8. The van der Waals surface area contributed by atoms with Crippen LogP contribution in [0.3, 0.4) is 0 Å². The molecule has 0 bridgehead atoms. The second-order valence-corrected chi connectivity index (χ2v) is 7.41. The summed E-state index contributed by atoms with van der Waals surface area (Å²) in [6, 6.07) is 17.9. The molecule has 27 heavy (non-hydrogen) atoms. The summed E-state index contributed by atoms with van der Waals surface area (Å²) in [7, 11) is 0. The minimum Gasteiger partial charge on any atom is -0.483 e. The average molecular weight is 382 g/mol. The van der Waals surface area contributed by atoms with Crippen molar-refractivity contribution in [3.05, 3.63) is 70.7 Å². The summed E-state index contributed by atoms with van der Waals surface area (Å²) in [6.07, 6.45) is 1.72. The molecule has 5 nitrogen and oxygen atoms in total. The molecule has 1 N–H and O–H groups in total. The van der Waals surface area contributed by atoms with Gasteiger partial charge < -0.3 is 4.74 Å². The summed E-state index contributed by atoms with van der Waals surface area (Å²) in [6.45, 7) is 4.23. The van der Waals surface area contributed by atoms with E-state index in [2.05, 4.69) is 29.4 Å². The van der Waals surface area contributed by atoms with Gasteiger partial charge in [-0.1, -0.05) is 73.7 Å². The fraction of sp³-hybridized carbons (Fsp3) is 0.286. The molecule has 0 aliphatic rings. The number of amides is 1. The van der Waals surface area contributed by atoms with Crippen LogP contribution in [0.15, 0.2) is 54.6 Å². The van der Waals surface area contributed by atoms with Crippen LogP contribution in [0.25, 0.3) is 0 Å². The highest BCUT2D eigenvalue weighted by atomic mass is 32.1. The molecule has 1 unspecified atom stereocenters. The predicted molar refractivity (Wildman–Crippen MR) is 108 cm³/mol. The number of carbonyl (C=O) groups is 1. The number of anilines is 1. The van der Waals surface area contributed by atoms with Gasteiger partial charge in [0.15, 0.2) is 6.61 Å². The Balaban J connectivity index is 1.55. The Morgan fingerprint density at radius 1 is 1.11 bits per heavy atom. The smallest absolute Gasteiger partial charge is 0.264 e. The molecule has 1 aromatic heterocycles. The van der Waals surface area contributed by atoms with Gasteiger partial charge in [-0.05, 0) is 29.5 Å². The van der Waals surface area contributed by atoms with Crippen molar-refractivity contribution in [1.82, 2.24) is 10.2 Å². The van der Waals surface area contributed by atoms with Crippen LogP contribution in [0.1, 0.15) is 42.3 Å². The second kappa shape index (κ2) is 9.28. The number of carbonyl (C=O) groups excluding carboxylic acids is 1. The van der Waals surface area contributed by atoms with Crippen LogP contribution < -0.4 is 10.1 Å². The summed E-state index contributed by atoms with van der Waals surface area (Å²) in [4.78, 5) is 12.2. The first-order chi connectivity index (χ1) is 13.2. The Morgan fingerprint density at radius 3 is 2.63 bits per heavy atom. The molecule has 0 radical (unpaired) electrons. The molecule has 0 aliphatic heterocycles. The van der Waals surface area contributed by atoms with Gasteiger partial charge in [0.2, 0.25) is 5.13 Å². The molecule has 1 amide bonds. The van der Waals surface area contributed by atoms with Gasteiger partial charge in [-0.25, -0.2) is 0 Å². The van der Waals surface area contributed by atoms with Gasteiger partial charge in [-0.15, -0.1) is 10.2 Å². The van der Waals surface area contributed by atoms with E-state index in [4.69, 9.17) is 4.74 Å². The van der Waals surface area contributed by atoms with Crippen molar-refractivity contribution in [3.8, 4) is 5.75 Å². The van der Waals surface area contributed by atoms with Crippen LogP contribution in [0, 0.1) is 0 Å². The number of nitrogens with zero attached hydrogens (tertiary/aromatic N) is 2. The molecule has 0 fully saturated rings. The Kier molecular flexibility index (Phi) is 6.54. The Labute approximate surface area is 163 Å². The van der Waals surface area contributed by atoms with E-state index in [9.17, 15) is 4.79 Å². The fourth-order valence-electron chi connectivity index (χ4n) is 2.68. The molecule has 0 spiro atoms. The molecular weight excluding hydrogens is 358 g/mol. The summed E-state index contributed by atoms with van der Waals surface area (Å²) < 4.78 is 5.74. The minimum atomic E-state index is -0.239. The number of aromatic nitrogens is 2. The third-order valence-electron chi connectivity index (χ3n) is 4.33. The van der Waals surface area contributed by atoms with Crippen LogP contribution in [0.4, 0.5) is 5.13 Å². The zero-order valence-corrected chi connectivity index (χ0v) is 16.3. The summed E-state index contributed by atoms with van der Waals surface area (Å²) in [5.74, 6) is 0.897. The quantitative estimate of drug-likeness (QED) is 0.616. The minimum absolute atomic E-state index is 0.0545. The molecule has 1 atom stereocenters. The fourth-order valence-corrected chi connectivity index (χ4v) is 3.47. The van der Waals surface area contributed by atoms with Gasteiger partial charge in [-0.2, -0.15) is 0 Å². The maximum absolute atomic E-state index is 12.2. The molecule has 0 saturated carbocycles. The standard InChI is InChI=1S/C21H23N3O2S/c1-3-15(2)17-11-7-8-12-18(17)26-14-19(25)22-21-24-23-20(27-21)13-16-9-5-4-6-10-16/h4-12,15H,3,13-14H2,1-2H3,(H,22,24,25). The lowest BCUT2D eigenvalue weighted by atomic mass is 9.98. The lowest BCUT2D eigenvalue weighted by molar-refractivity contribution is -0.118. The van der Waals surface area contributed by atoms with Crippen molar-refractivity contribution >= 4 is 22.4 Å². The average Bonchev–Trinajstić information content (AvgIpc) is 3.13. The van der Waals surface area contributed by atoms with Crippen LogP contribution in [0.5, 0.6) is 5.75 Å². The number of benzene rings is 2. The number of hydrogen-bond acceptors (Lipinski definition) is 5. The van der Waals surface area contributed by atoms with Gasteiger partial charge in [-0.3, -0.25) is 10.1 Å². The molecular formula is C21H23N3O2S. The highest BCUT2D eigenvalue weighted by Gasteiger charge is 2.13. The summed E-state index contributed by atoms with van der Waals surface area (Å²) in [5.41, 5.74) is 2.28. The van der Waals surface area contributed by atoms with E-state index in [1.54, 1.807) is 0 Å². The number of hydrogen-bond donors (Lipinski definition) is 1. The van der Waals surface area contributed by atoms with Crippen LogP contribution >= 0.6 is 11.3 Å². The largest absolute Gasteiger partial charge is 0.483 e. The third-order valence-corrected chi connectivity index (χ3v) is 5.17. The van der Waals surface area contributed by atoms with Gasteiger partial charge in [0, 0.05) is 6.42 Å². The Bertz CT molecular complexity index is 880. The predicted octanol–water partition coefficient (Wildman–Crippen LogP) is 4.66. The first-order valence-corrected chi connectivity index (χ1v) is 9.85. The van der Waals surface area contributed by atoms with Gasteiger partial charge in [0.05, 0.1) is 0 Å². The SMILES string of the molecule is CCC(C)c1ccccc1OCC(=O)Nc1nnc(Cc2ccccc2)s1. The maximum Gasteiger partial charge on any atom is 0.264 e. The second-order valence-electron chi connectivity index (χ2n) is 6.35. The number of nitrogens with one attached hydrogen (secondary N) is 1. The van der Waals surface area contributed by atoms with Crippen molar-refractivity contribution < 1.29 is 9.53 Å². The Morgan fingerprint density at radius 2 is 1.85 bits per heavy atom. The van der Waals surface area contributed by atoms with Gasteiger partial charge in [0.1, 0.15) is 10.8 Å². The van der Waals surface area contributed by atoms with E-state index < -0.39 is 0 Å². The molecule has 6 heteroatoms. The third kappa shape index (κ3) is 5.37. The first kappa shape index (κ1) is 19.0. The topological polar surface area (TPSA) is 64.1 Å². The molecule has 1 heterocycles. The zero-order valence-electron chi connectivity index (χ0n) is 15.5. The van der Waals surface area contributed by atoms with E-state index in [0.717, 1.165) is 28.3 Å². The van der Waals surface area contributed by atoms with E-state index in [-0.39, 0.29) is 12.5 Å². The van der Waals surface area contributed by atoms with Gasteiger partial charge in [0.25, 0.3) is 5.91 Å². The molecule has 3 aromatic rings. The highest BCUT2D eigenvalue weighted by Crippen LogP contribution is 2.28. The highest BCUT2D eigenvalue weighted by molar-refractivity contribution is 7.15. The van der Waals surface area contributed by atoms with Gasteiger partial charge >= 0.3 is 0 Å². The zero-order chi connectivity index (χ0) is 19.1. The lowest BCUT2D eigenvalue weighted by Crippen LogP contribution is -2.20. The molecule has 0 saturated heterocycles. The molecule has 2 aromatic carbocycles. The van der Waals surface area contributed by atoms with Crippen LogP contribution in [0.2, 0.25) is 0 Å². The monoisotopic (exact) mass is 381 g/mol. The van der Waals surface area contributed by atoms with E-state index in [1.165, 1.54) is 11.3 Å². The molecule has 140 valence electrons. The molecule has 0 aliphatic carbocycles. The molecule has 3 rings (SSSR count). The lowest BCUT2D eigenvalue weighted by Gasteiger charge is -2.15. The maximum atomic E-state index is 12.2. The van der Waals surface area contributed by atoms with Crippen LogP contribution in [-0.2, 0) is 11.2 Å². The van der Waals surface area contributed by atoms with Crippen molar-refractivity contribution in [2.75, 3.05) is 11.9 Å². The van der Waals surface area contributed by atoms with Crippen LogP contribution in [-0.4, -0.2) is 22.7 Å². The number of para-hydroxylation sites is 1. The first-order valence-electron chi connectivity index (χ1n) is 9.03. The summed E-state index contributed by atoms with van der Waals surface area (Å²) in [5, 5.41) is 12.3. The Hall–Kier alpha value is -2.73. The summed E-state index contributed by atoms with van der Waals surface area (Å²) >= 11 is 1.38. The van der Waals surface area contributed by atoms with E-state index in [1.807, 2.05) is 54.6 Å². The van der Waals surface area contributed by atoms with E-state index in [0.29, 0.717) is 17.5 Å². The number of rotatable bonds is 8. The van der Waals surface area contributed by atoms with Crippen molar-refractivity contribution in [1.29, 1.82) is 0 Å². The van der Waals surface area contributed by atoms with Crippen molar-refractivity contribution in [2.24, 2.45) is 0 Å². The number of ether oxygens (including phenoxy) is 1.